The van der Waals surface area contributed by atoms with Gasteiger partial charge in [0.1, 0.15) is 0 Å². The molecule has 0 saturated heterocycles. The zero-order valence-corrected chi connectivity index (χ0v) is 12.5. The van der Waals surface area contributed by atoms with Crippen LogP contribution in [0.5, 0.6) is 0 Å². The number of nitrogens with zero attached hydrogens (tertiary/aromatic N) is 2. The van der Waals surface area contributed by atoms with Gasteiger partial charge >= 0.3 is 0 Å². The van der Waals surface area contributed by atoms with Gasteiger partial charge in [-0.25, -0.2) is 0 Å². The fourth-order valence-corrected chi connectivity index (χ4v) is 2.45. The van der Waals surface area contributed by atoms with Gasteiger partial charge in [-0.3, -0.25) is 4.68 Å². The summed E-state index contributed by atoms with van der Waals surface area (Å²) in [5, 5.41) is 8.03. The lowest BCUT2D eigenvalue weighted by atomic mass is 10.1. The van der Waals surface area contributed by atoms with Crippen molar-refractivity contribution in [2.24, 2.45) is 7.05 Å². The molecule has 1 heterocycles. The minimum Gasteiger partial charge on any atom is -0.381 e. The lowest BCUT2D eigenvalue weighted by Gasteiger charge is -2.10. The van der Waals surface area contributed by atoms with Gasteiger partial charge in [-0.15, -0.1) is 0 Å². The molecule has 0 aliphatic carbocycles. The van der Waals surface area contributed by atoms with Gasteiger partial charge in [-0.2, -0.15) is 5.10 Å². The summed E-state index contributed by atoms with van der Waals surface area (Å²) in [5.74, 6) is 0.456. The molecule has 2 rings (SSSR count). The predicted octanol–water partition coefficient (Wildman–Crippen LogP) is 3.77. The highest BCUT2D eigenvalue weighted by Crippen LogP contribution is 2.20. The van der Waals surface area contributed by atoms with E-state index in [1.807, 2.05) is 11.7 Å². The summed E-state index contributed by atoms with van der Waals surface area (Å²) in [7, 11) is 1.98. The maximum absolute atomic E-state index is 4.53. The highest BCUT2D eigenvalue weighted by molar-refractivity contribution is 5.48. The molecule has 1 aromatic heterocycles. The van der Waals surface area contributed by atoms with Crippen molar-refractivity contribution < 1.29 is 0 Å². The van der Waals surface area contributed by atoms with Crippen LogP contribution >= 0.6 is 0 Å². The Balaban J connectivity index is 2.14. The van der Waals surface area contributed by atoms with Crippen molar-refractivity contribution in [1.82, 2.24) is 9.78 Å². The zero-order chi connectivity index (χ0) is 14.0. The van der Waals surface area contributed by atoms with Crippen LogP contribution in [0.2, 0.25) is 0 Å². The van der Waals surface area contributed by atoms with Crippen molar-refractivity contribution in [2.45, 2.75) is 40.2 Å². The third-order valence-corrected chi connectivity index (χ3v) is 3.19. The Hall–Kier alpha value is -1.77. The molecule has 0 aliphatic heterocycles. The quantitative estimate of drug-likeness (QED) is 0.903. The van der Waals surface area contributed by atoms with Crippen LogP contribution in [0.1, 0.15) is 42.1 Å². The molecule has 0 radical (unpaired) electrons. The number of nitrogens with one attached hydrogen (secondary N) is 1. The van der Waals surface area contributed by atoms with Crippen LogP contribution < -0.4 is 5.32 Å². The molecule has 1 N–H and O–H groups in total. The third-order valence-electron chi connectivity index (χ3n) is 3.19. The first-order chi connectivity index (χ1) is 8.95. The van der Waals surface area contributed by atoms with Gasteiger partial charge in [0.2, 0.25) is 0 Å². The molecule has 0 amide bonds. The molecule has 0 spiro atoms. The van der Waals surface area contributed by atoms with E-state index >= 15 is 0 Å². The summed E-state index contributed by atoms with van der Waals surface area (Å²) in [6, 6.07) is 6.55. The van der Waals surface area contributed by atoms with E-state index in [4.69, 9.17) is 0 Å². The predicted molar refractivity (Wildman–Crippen MR) is 80.5 cm³/mol. The van der Waals surface area contributed by atoms with Crippen molar-refractivity contribution in [1.29, 1.82) is 0 Å². The van der Waals surface area contributed by atoms with E-state index in [-0.39, 0.29) is 0 Å². The molecule has 0 unspecified atom stereocenters. The number of rotatable bonds is 4. The van der Waals surface area contributed by atoms with E-state index in [2.05, 4.69) is 62.5 Å². The lowest BCUT2D eigenvalue weighted by Crippen LogP contribution is -2.03. The molecule has 0 aliphatic rings. The van der Waals surface area contributed by atoms with Gasteiger partial charge < -0.3 is 5.32 Å². The van der Waals surface area contributed by atoms with E-state index < -0.39 is 0 Å². The van der Waals surface area contributed by atoms with Gasteiger partial charge in [0.15, 0.2) is 0 Å². The minimum atomic E-state index is 0.456. The number of aryl methyl sites for hydroxylation is 3. The normalized spacial score (nSPS) is 11.1. The summed E-state index contributed by atoms with van der Waals surface area (Å²) in [6.45, 7) is 9.44. The zero-order valence-electron chi connectivity index (χ0n) is 12.5. The second-order valence-corrected chi connectivity index (χ2v) is 5.60. The van der Waals surface area contributed by atoms with E-state index in [9.17, 15) is 0 Å². The van der Waals surface area contributed by atoms with Gasteiger partial charge in [0.25, 0.3) is 0 Å². The van der Waals surface area contributed by atoms with Crippen LogP contribution in [-0.4, -0.2) is 9.78 Å². The molecule has 0 fully saturated rings. The first-order valence-corrected chi connectivity index (χ1v) is 6.80. The molecule has 3 heteroatoms. The summed E-state index contributed by atoms with van der Waals surface area (Å²) >= 11 is 0. The number of hydrogen-bond acceptors (Lipinski definition) is 2. The van der Waals surface area contributed by atoms with E-state index in [0.717, 1.165) is 6.54 Å². The number of aromatic nitrogens is 2. The molecule has 102 valence electrons. The minimum absolute atomic E-state index is 0.456. The second kappa shape index (κ2) is 5.47. The van der Waals surface area contributed by atoms with Gasteiger partial charge in [-0.1, -0.05) is 19.9 Å². The highest BCUT2D eigenvalue weighted by atomic mass is 15.3. The van der Waals surface area contributed by atoms with Crippen LogP contribution in [0.4, 0.5) is 5.69 Å². The first kappa shape index (κ1) is 13.7. The van der Waals surface area contributed by atoms with Crippen molar-refractivity contribution in [2.75, 3.05) is 5.32 Å². The number of anilines is 1. The maximum atomic E-state index is 4.53. The fraction of sp³-hybridized carbons (Fsp3) is 0.438. The summed E-state index contributed by atoms with van der Waals surface area (Å²) < 4.78 is 1.90. The molecule has 0 bridgehead atoms. The number of benzene rings is 1. The highest BCUT2D eigenvalue weighted by Gasteiger charge is 2.11. The fourth-order valence-electron chi connectivity index (χ4n) is 2.45. The summed E-state index contributed by atoms with van der Waals surface area (Å²) in [5.41, 5.74) is 6.21. The molecule has 3 nitrogen and oxygen atoms in total. The van der Waals surface area contributed by atoms with E-state index in [1.165, 1.54) is 28.1 Å². The van der Waals surface area contributed by atoms with Crippen LogP contribution in [0.25, 0.3) is 0 Å². The smallest absolute Gasteiger partial charge is 0.0699 e. The molecule has 0 atom stereocenters. The largest absolute Gasteiger partial charge is 0.381 e. The van der Waals surface area contributed by atoms with Crippen molar-refractivity contribution >= 4 is 5.69 Å². The molecule has 2 aromatic rings. The molecular weight excluding hydrogens is 234 g/mol. The Morgan fingerprint density at radius 2 is 1.79 bits per heavy atom. The Bertz CT molecular complexity index is 547. The van der Waals surface area contributed by atoms with E-state index in [1.54, 1.807) is 0 Å². The Labute approximate surface area is 115 Å². The van der Waals surface area contributed by atoms with Crippen LogP contribution in [0.15, 0.2) is 24.4 Å². The van der Waals surface area contributed by atoms with E-state index in [0.29, 0.717) is 5.92 Å². The van der Waals surface area contributed by atoms with Crippen LogP contribution in [0, 0.1) is 13.8 Å². The van der Waals surface area contributed by atoms with Crippen molar-refractivity contribution in [3.8, 4) is 0 Å². The number of hydrogen-bond donors (Lipinski definition) is 1. The summed E-state index contributed by atoms with van der Waals surface area (Å²) in [4.78, 5) is 0. The first-order valence-electron chi connectivity index (χ1n) is 6.80. The molecule has 19 heavy (non-hydrogen) atoms. The van der Waals surface area contributed by atoms with Gasteiger partial charge in [0, 0.05) is 31.0 Å². The monoisotopic (exact) mass is 257 g/mol. The Morgan fingerprint density at radius 3 is 2.37 bits per heavy atom. The average molecular weight is 257 g/mol. The molecule has 1 aromatic carbocycles. The standard InChI is InChI=1S/C16H23N3/c1-11(2)16-14(10-19(5)18-16)9-17-15-7-12(3)6-13(4)8-15/h6-8,10-11,17H,9H2,1-5H3. The third kappa shape index (κ3) is 3.37. The SMILES string of the molecule is Cc1cc(C)cc(NCc2cn(C)nc2C(C)C)c1. The second-order valence-electron chi connectivity index (χ2n) is 5.60. The molecular formula is C16H23N3. The van der Waals surface area contributed by atoms with Crippen LogP contribution in [-0.2, 0) is 13.6 Å². The molecule has 0 saturated carbocycles. The van der Waals surface area contributed by atoms with Crippen LogP contribution in [0.3, 0.4) is 0 Å². The van der Waals surface area contributed by atoms with Crippen molar-refractivity contribution in [3.05, 3.63) is 46.8 Å². The Kier molecular flexibility index (Phi) is 3.93. The lowest BCUT2D eigenvalue weighted by molar-refractivity contribution is 0.712. The average Bonchev–Trinajstić information content (AvgIpc) is 2.67. The van der Waals surface area contributed by atoms with Crippen molar-refractivity contribution in [3.63, 3.8) is 0 Å². The topological polar surface area (TPSA) is 29.9 Å². The Morgan fingerprint density at radius 1 is 1.16 bits per heavy atom. The van der Waals surface area contributed by atoms with Gasteiger partial charge in [-0.05, 0) is 43.0 Å². The van der Waals surface area contributed by atoms with Gasteiger partial charge in [0.05, 0.1) is 5.69 Å². The summed E-state index contributed by atoms with van der Waals surface area (Å²) in [6.07, 6.45) is 2.10. The maximum Gasteiger partial charge on any atom is 0.0699 e.